The summed E-state index contributed by atoms with van der Waals surface area (Å²) in [5, 5.41) is 17.7. The molecule has 0 saturated heterocycles. The van der Waals surface area contributed by atoms with Crippen molar-refractivity contribution >= 4 is 30.6 Å². The van der Waals surface area contributed by atoms with Gasteiger partial charge in [-0.2, -0.15) is 0 Å². The van der Waals surface area contributed by atoms with E-state index in [-0.39, 0.29) is 19.3 Å². The summed E-state index contributed by atoms with van der Waals surface area (Å²) in [5.41, 5.74) is 0. The minimum Gasteiger partial charge on any atom is -0.394 e. The normalized spacial score (nSPS) is 14.5. The number of aldehydes is 1. The summed E-state index contributed by atoms with van der Waals surface area (Å²) < 4.78 is 42.4. The Balaban J connectivity index is 4.03. The first-order valence-electron chi connectivity index (χ1n) is 6.92. The highest BCUT2D eigenvalue weighted by atomic mass is 33.2. The molecule has 4 N–H and O–H groups in total. The van der Waals surface area contributed by atoms with E-state index in [1.807, 2.05) is 0 Å². The van der Waals surface area contributed by atoms with Gasteiger partial charge in [0, 0.05) is 0 Å². The average molecular weight is 360 g/mol. The third-order valence-corrected chi connectivity index (χ3v) is 8.57. The lowest BCUT2D eigenvalue weighted by molar-refractivity contribution is -0.128. The maximum atomic E-state index is 11.7. The van der Waals surface area contributed by atoms with Gasteiger partial charge >= 0.3 is 0 Å². The Morgan fingerprint density at radius 2 is 1.59 bits per heavy atom. The van der Waals surface area contributed by atoms with Crippen LogP contribution >= 0.6 is 9.62 Å². The molecule has 8 nitrogen and oxygen atoms in total. The Labute approximate surface area is 131 Å². The lowest BCUT2D eigenvalue weighted by Gasteiger charge is -2.29. The molecule has 0 saturated carbocycles. The quantitative estimate of drug-likeness (QED) is 0.161. The van der Waals surface area contributed by atoms with Gasteiger partial charge in [0.2, 0.25) is 14.7 Å². The summed E-state index contributed by atoms with van der Waals surface area (Å²) >= 11 is 0. The fourth-order valence-electron chi connectivity index (χ4n) is 1.72. The van der Waals surface area contributed by atoms with E-state index in [1.54, 1.807) is 0 Å². The maximum Gasteiger partial charge on any atom is 0.247 e. The van der Waals surface area contributed by atoms with Gasteiger partial charge in [-0.15, -0.1) is 0 Å². The summed E-state index contributed by atoms with van der Waals surface area (Å²) in [4.78, 5) is 21.0. The molecule has 0 aliphatic heterocycles. The first kappa shape index (κ1) is 21.5. The van der Waals surface area contributed by atoms with E-state index in [2.05, 4.69) is 0 Å². The van der Waals surface area contributed by atoms with Gasteiger partial charge in [0.25, 0.3) is 0 Å². The van der Waals surface area contributed by atoms with Crippen LogP contribution < -0.4 is 0 Å². The number of hydrogen-bond acceptors (Lipinski definition) is 8. The van der Waals surface area contributed by atoms with E-state index in [1.165, 1.54) is 0 Å². The molecule has 22 heavy (non-hydrogen) atoms. The van der Waals surface area contributed by atoms with Gasteiger partial charge in [0.1, 0.15) is 5.75 Å². The monoisotopic (exact) mass is 360 g/mol. The van der Waals surface area contributed by atoms with Crippen LogP contribution in [0, 0.1) is 0 Å². The predicted octanol–water partition coefficient (Wildman–Crippen LogP) is 0.529. The highest BCUT2D eigenvalue weighted by Crippen LogP contribution is 2.46. The van der Waals surface area contributed by atoms with Crippen molar-refractivity contribution in [2.75, 3.05) is 18.1 Å². The number of aliphatic hydroxyl groups excluding tert-OH is 2. The number of carbonyl (C=O) groups is 2. The van der Waals surface area contributed by atoms with E-state index >= 15 is 0 Å². The summed E-state index contributed by atoms with van der Waals surface area (Å²) in [6.07, 6.45) is 2.55. The van der Waals surface area contributed by atoms with Crippen LogP contribution in [0.3, 0.4) is 0 Å². The fourth-order valence-corrected chi connectivity index (χ4v) is 5.21. The van der Waals surface area contributed by atoms with Crippen molar-refractivity contribution in [3.63, 3.8) is 0 Å². The Kier molecular flexibility index (Phi) is 10.0. The largest absolute Gasteiger partial charge is 0.394 e. The molecule has 1 unspecified atom stereocenters. The van der Waals surface area contributed by atoms with E-state index in [4.69, 9.17) is 10.2 Å². The van der Waals surface area contributed by atoms with Gasteiger partial charge in [0.05, 0.1) is 18.5 Å². The highest BCUT2D eigenvalue weighted by molar-refractivity contribution is 8.85. The van der Waals surface area contributed by atoms with Crippen molar-refractivity contribution in [2.45, 2.75) is 44.6 Å². The Morgan fingerprint density at radius 3 is 2.14 bits per heavy atom. The third kappa shape index (κ3) is 8.20. The lowest BCUT2D eigenvalue weighted by atomic mass is 10.1. The molecule has 0 aromatic heterocycles. The second kappa shape index (κ2) is 10.3. The number of carbonyl (C=O) groups excluding carboxylic acids is 2. The standard InChI is InChI=1S/C12H24O8S2/c13-8-11(15)6-4-2-1-3-5-7-21(17,18)22(19,20)10-12(16)9-14/h9,11,13,15,19-20H,1-8,10H2. The highest BCUT2D eigenvalue weighted by Gasteiger charge is 2.31. The second-order valence-electron chi connectivity index (χ2n) is 4.99. The fraction of sp³-hybridized carbons (Fsp3) is 0.833. The number of rotatable bonds is 13. The molecule has 0 bridgehead atoms. The minimum atomic E-state index is -4.23. The topological polar surface area (TPSA) is 149 Å². The van der Waals surface area contributed by atoms with Crippen LogP contribution in [0.4, 0.5) is 0 Å². The molecule has 0 amide bonds. The SMILES string of the molecule is O=CC(=O)CS(O)(O)S(=O)(=O)CCCCCCCC(O)CO. The molecule has 10 heteroatoms. The van der Waals surface area contributed by atoms with Crippen molar-refractivity contribution < 1.29 is 37.3 Å². The van der Waals surface area contributed by atoms with Gasteiger partial charge in [-0.3, -0.25) is 18.7 Å². The first-order chi connectivity index (χ1) is 10.2. The summed E-state index contributed by atoms with van der Waals surface area (Å²) in [6, 6.07) is 0. The van der Waals surface area contributed by atoms with Crippen LogP contribution in [0.15, 0.2) is 0 Å². The molecule has 0 aliphatic rings. The molecule has 0 fully saturated rings. The van der Waals surface area contributed by atoms with Crippen molar-refractivity contribution in [1.82, 2.24) is 0 Å². The van der Waals surface area contributed by atoms with Crippen molar-refractivity contribution in [2.24, 2.45) is 0 Å². The molecule has 0 radical (unpaired) electrons. The predicted molar refractivity (Wildman–Crippen MR) is 83.4 cm³/mol. The third-order valence-electron chi connectivity index (χ3n) is 3.01. The Bertz CT molecular complexity index is 446. The zero-order valence-corrected chi connectivity index (χ0v) is 13.9. The molecule has 0 aromatic rings. The molecule has 132 valence electrons. The van der Waals surface area contributed by atoms with Crippen molar-refractivity contribution in [3.8, 4) is 0 Å². The zero-order chi connectivity index (χ0) is 17.2. The number of aliphatic hydroxyl groups is 2. The van der Waals surface area contributed by atoms with E-state index < -0.39 is 41.9 Å². The Morgan fingerprint density at radius 1 is 1.05 bits per heavy atom. The van der Waals surface area contributed by atoms with Crippen LogP contribution in [-0.4, -0.2) is 64.0 Å². The van der Waals surface area contributed by atoms with Crippen molar-refractivity contribution in [3.05, 3.63) is 0 Å². The van der Waals surface area contributed by atoms with Crippen LogP contribution in [0.5, 0.6) is 0 Å². The average Bonchev–Trinajstić information content (AvgIpc) is 2.44. The molecule has 0 heterocycles. The zero-order valence-electron chi connectivity index (χ0n) is 12.3. The van der Waals surface area contributed by atoms with E-state index in [9.17, 15) is 27.1 Å². The second-order valence-corrected chi connectivity index (χ2v) is 11.1. The van der Waals surface area contributed by atoms with Gasteiger partial charge in [-0.1, -0.05) is 35.3 Å². The molecule has 1 atom stereocenters. The van der Waals surface area contributed by atoms with Gasteiger partial charge < -0.3 is 10.2 Å². The number of unbranched alkanes of at least 4 members (excludes halogenated alkanes) is 4. The lowest BCUT2D eigenvalue weighted by Crippen LogP contribution is -2.23. The van der Waals surface area contributed by atoms with E-state index in [0.29, 0.717) is 25.7 Å². The smallest absolute Gasteiger partial charge is 0.247 e. The maximum absolute atomic E-state index is 11.7. The Hall–Kier alpha value is -0.520. The molecular formula is C12H24O8S2. The van der Waals surface area contributed by atoms with Crippen LogP contribution in [0.25, 0.3) is 0 Å². The molecule has 0 rings (SSSR count). The summed E-state index contributed by atoms with van der Waals surface area (Å²) in [7, 11) is -8.39. The number of Topliss-reactive ketones (excluding diaryl/α,β-unsaturated/α-hetero) is 1. The number of ketones is 1. The van der Waals surface area contributed by atoms with Gasteiger partial charge in [-0.05, 0) is 12.8 Å². The van der Waals surface area contributed by atoms with Crippen LogP contribution in [-0.2, 0) is 18.5 Å². The summed E-state index contributed by atoms with van der Waals surface area (Å²) in [6.45, 7) is -0.282. The van der Waals surface area contributed by atoms with Crippen LogP contribution in [0.1, 0.15) is 38.5 Å². The number of hydrogen-bond donors (Lipinski definition) is 4. The van der Waals surface area contributed by atoms with Crippen LogP contribution in [0.2, 0.25) is 0 Å². The van der Waals surface area contributed by atoms with Gasteiger partial charge in [-0.25, -0.2) is 8.42 Å². The first-order valence-corrected chi connectivity index (χ1v) is 10.8. The molecule has 0 aromatic carbocycles. The molecule has 0 spiro atoms. The molecular weight excluding hydrogens is 336 g/mol. The van der Waals surface area contributed by atoms with Gasteiger partial charge in [0.15, 0.2) is 6.29 Å². The van der Waals surface area contributed by atoms with Crippen molar-refractivity contribution in [1.29, 1.82) is 0 Å². The summed E-state index contributed by atoms with van der Waals surface area (Å²) in [5.74, 6) is -2.70. The molecule has 0 aliphatic carbocycles. The van der Waals surface area contributed by atoms with E-state index in [0.717, 1.165) is 6.42 Å². The minimum absolute atomic E-state index is 0.134.